The van der Waals surface area contributed by atoms with Crippen LogP contribution in [-0.4, -0.2) is 59.3 Å². The van der Waals surface area contributed by atoms with E-state index in [2.05, 4.69) is 22.8 Å². The van der Waals surface area contributed by atoms with Gasteiger partial charge in [-0.05, 0) is 40.7 Å². The Balaban J connectivity index is 1.21. The molecule has 1 heterocycles. The van der Waals surface area contributed by atoms with Gasteiger partial charge >= 0.3 is 12.1 Å². The second-order valence-corrected chi connectivity index (χ2v) is 10.6. The SMILES string of the molecule is CCCC(NC(=O)OCC1c2ccccc2-c2ccccc21)C(=O)NC1(C(=O)O)CCN(Cc2ccccc2)C1. The van der Waals surface area contributed by atoms with E-state index < -0.39 is 29.6 Å². The number of carboxylic acid groups (broad SMARTS) is 1. The third-order valence-electron chi connectivity index (χ3n) is 7.90. The van der Waals surface area contributed by atoms with Gasteiger partial charge in [-0.1, -0.05) is 92.2 Å². The van der Waals surface area contributed by atoms with Crippen molar-refractivity contribution in [2.75, 3.05) is 19.7 Å². The van der Waals surface area contributed by atoms with Crippen LogP contribution >= 0.6 is 0 Å². The highest BCUT2D eigenvalue weighted by Crippen LogP contribution is 2.44. The van der Waals surface area contributed by atoms with Gasteiger partial charge in [0, 0.05) is 25.6 Å². The number of nitrogens with zero attached hydrogens (tertiary/aromatic N) is 1. The monoisotopic (exact) mass is 541 g/mol. The lowest BCUT2D eigenvalue weighted by atomic mass is 9.97. The molecule has 2 atom stereocenters. The first-order valence-corrected chi connectivity index (χ1v) is 13.8. The standard InChI is InChI=1S/C32H35N3O5/c1-2-10-28(29(36)34-32(30(37)38)17-18-35(21-32)19-22-11-4-3-5-12-22)33-31(39)40-20-27-25-15-8-6-13-23(25)24-14-7-9-16-26(24)27/h3-9,11-16,27-28H,2,10,17-21H2,1H3,(H,33,39)(H,34,36)(H,37,38). The number of nitrogens with one attached hydrogen (secondary N) is 2. The molecular formula is C32H35N3O5. The number of likely N-dealkylation sites (tertiary alicyclic amines) is 1. The largest absolute Gasteiger partial charge is 0.479 e. The van der Waals surface area contributed by atoms with Crippen LogP contribution in [0, 0.1) is 0 Å². The normalized spacial score (nSPS) is 18.9. The second kappa shape index (κ2) is 11.9. The molecule has 2 unspecified atom stereocenters. The molecule has 2 amide bonds. The van der Waals surface area contributed by atoms with Crippen molar-refractivity contribution in [2.24, 2.45) is 0 Å². The number of carboxylic acids is 1. The van der Waals surface area contributed by atoms with E-state index in [0.717, 1.165) is 27.8 Å². The highest BCUT2D eigenvalue weighted by Gasteiger charge is 2.47. The van der Waals surface area contributed by atoms with Gasteiger partial charge in [0.15, 0.2) is 5.54 Å². The van der Waals surface area contributed by atoms with Crippen molar-refractivity contribution in [2.45, 2.75) is 50.2 Å². The van der Waals surface area contributed by atoms with Crippen molar-refractivity contribution in [3.05, 3.63) is 95.6 Å². The molecule has 0 saturated carbocycles. The topological polar surface area (TPSA) is 108 Å². The van der Waals surface area contributed by atoms with Crippen LogP contribution in [0.5, 0.6) is 0 Å². The van der Waals surface area contributed by atoms with E-state index in [1.54, 1.807) is 0 Å². The summed E-state index contributed by atoms with van der Waals surface area (Å²) in [5.41, 5.74) is 4.13. The van der Waals surface area contributed by atoms with Crippen LogP contribution in [0.4, 0.5) is 4.79 Å². The van der Waals surface area contributed by atoms with Crippen LogP contribution in [0.15, 0.2) is 78.9 Å². The molecule has 0 aromatic heterocycles. The summed E-state index contributed by atoms with van der Waals surface area (Å²) >= 11 is 0. The maximum Gasteiger partial charge on any atom is 0.407 e. The Kier molecular flexibility index (Phi) is 8.16. The Hall–Kier alpha value is -4.17. The van der Waals surface area contributed by atoms with Crippen molar-refractivity contribution in [3.63, 3.8) is 0 Å². The summed E-state index contributed by atoms with van der Waals surface area (Å²) in [6.07, 6.45) is 0.573. The molecule has 8 nitrogen and oxygen atoms in total. The number of aliphatic carboxylic acids is 1. The fourth-order valence-electron chi connectivity index (χ4n) is 5.86. The van der Waals surface area contributed by atoms with Crippen molar-refractivity contribution in [1.29, 1.82) is 0 Å². The Bertz CT molecular complexity index is 1330. The summed E-state index contributed by atoms with van der Waals surface area (Å²) in [6, 6.07) is 25.1. The van der Waals surface area contributed by atoms with Gasteiger partial charge in [-0.2, -0.15) is 0 Å². The van der Waals surface area contributed by atoms with Gasteiger partial charge in [0.2, 0.25) is 5.91 Å². The number of hydrogen-bond donors (Lipinski definition) is 3. The first kappa shape index (κ1) is 27.4. The lowest BCUT2D eigenvalue weighted by Gasteiger charge is -2.29. The fourth-order valence-corrected chi connectivity index (χ4v) is 5.86. The predicted octanol–water partition coefficient (Wildman–Crippen LogP) is 4.54. The molecule has 1 aliphatic heterocycles. The van der Waals surface area contributed by atoms with Crippen molar-refractivity contribution in [3.8, 4) is 11.1 Å². The van der Waals surface area contributed by atoms with Gasteiger partial charge in [-0.3, -0.25) is 9.69 Å². The van der Waals surface area contributed by atoms with Gasteiger partial charge in [-0.15, -0.1) is 0 Å². The third kappa shape index (κ3) is 5.72. The van der Waals surface area contributed by atoms with Crippen LogP contribution in [0.25, 0.3) is 11.1 Å². The van der Waals surface area contributed by atoms with E-state index in [-0.39, 0.29) is 25.5 Å². The van der Waals surface area contributed by atoms with Crippen LogP contribution in [-0.2, 0) is 20.9 Å². The third-order valence-corrected chi connectivity index (χ3v) is 7.90. The summed E-state index contributed by atoms with van der Waals surface area (Å²) in [7, 11) is 0. The highest BCUT2D eigenvalue weighted by atomic mass is 16.5. The highest BCUT2D eigenvalue weighted by molar-refractivity contribution is 5.91. The molecule has 0 radical (unpaired) electrons. The fraction of sp³-hybridized carbons (Fsp3) is 0.344. The quantitative estimate of drug-likeness (QED) is 0.348. The Morgan fingerprint density at radius 2 is 1.60 bits per heavy atom. The van der Waals surface area contributed by atoms with E-state index in [9.17, 15) is 19.5 Å². The summed E-state index contributed by atoms with van der Waals surface area (Å²) in [4.78, 5) is 40.6. The minimum absolute atomic E-state index is 0.0963. The molecule has 8 heteroatoms. The summed E-state index contributed by atoms with van der Waals surface area (Å²) in [5, 5.41) is 15.6. The smallest absolute Gasteiger partial charge is 0.407 e. The number of rotatable bonds is 10. The Labute approximate surface area is 234 Å². The molecule has 208 valence electrons. The maximum absolute atomic E-state index is 13.3. The number of benzene rings is 3. The Morgan fingerprint density at radius 3 is 2.23 bits per heavy atom. The summed E-state index contributed by atoms with van der Waals surface area (Å²) in [5.74, 6) is -1.69. The van der Waals surface area contributed by atoms with Crippen molar-refractivity contribution in [1.82, 2.24) is 15.5 Å². The molecule has 1 aliphatic carbocycles. The van der Waals surface area contributed by atoms with E-state index in [0.29, 0.717) is 25.9 Å². The minimum Gasteiger partial charge on any atom is -0.479 e. The molecule has 3 aromatic carbocycles. The molecule has 40 heavy (non-hydrogen) atoms. The lowest BCUT2D eigenvalue weighted by Crippen LogP contribution is -2.60. The van der Waals surface area contributed by atoms with E-state index in [4.69, 9.17) is 4.74 Å². The molecule has 0 spiro atoms. The average molecular weight is 542 g/mol. The number of fused-ring (bicyclic) bond motifs is 3. The van der Waals surface area contributed by atoms with Gasteiger partial charge in [0.25, 0.3) is 0 Å². The molecule has 5 rings (SSSR count). The van der Waals surface area contributed by atoms with Crippen LogP contribution in [0.1, 0.15) is 48.8 Å². The molecule has 3 N–H and O–H groups in total. The number of carbonyl (C=O) groups is 3. The molecule has 1 saturated heterocycles. The predicted molar refractivity (Wildman–Crippen MR) is 152 cm³/mol. The molecular weight excluding hydrogens is 506 g/mol. The van der Waals surface area contributed by atoms with E-state index >= 15 is 0 Å². The van der Waals surface area contributed by atoms with Crippen LogP contribution in [0.3, 0.4) is 0 Å². The number of hydrogen-bond acceptors (Lipinski definition) is 5. The van der Waals surface area contributed by atoms with E-state index in [1.165, 1.54) is 0 Å². The molecule has 1 fully saturated rings. The summed E-state index contributed by atoms with van der Waals surface area (Å²) in [6.45, 7) is 3.37. The molecule has 2 aliphatic rings. The van der Waals surface area contributed by atoms with Gasteiger partial charge in [0.1, 0.15) is 12.6 Å². The van der Waals surface area contributed by atoms with E-state index in [1.807, 2.05) is 78.6 Å². The Morgan fingerprint density at radius 1 is 0.975 bits per heavy atom. The minimum atomic E-state index is -1.42. The maximum atomic E-state index is 13.3. The number of ether oxygens (including phenoxy) is 1. The molecule has 3 aromatic rings. The van der Waals surface area contributed by atoms with Crippen LogP contribution < -0.4 is 10.6 Å². The van der Waals surface area contributed by atoms with Gasteiger partial charge in [-0.25, -0.2) is 9.59 Å². The second-order valence-electron chi connectivity index (χ2n) is 10.6. The number of carbonyl (C=O) groups excluding carboxylic acids is 2. The first-order valence-electron chi connectivity index (χ1n) is 13.8. The van der Waals surface area contributed by atoms with Crippen molar-refractivity contribution < 1.29 is 24.2 Å². The van der Waals surface area contributed by atoms with Gasteiger partial charge in [0.05, 0.1) is 0 Å². The zero-order valence-corrected chi connectivity index (χ0v) is 22.6. The zero-order chi connectivity index (χ0) is 28.1. The average Bonchev–Trinajstić information content (AvgIpc) is 3.51. The van der Waals surface area contributed by atoms with Crippen molar-refractivity contribution >= 4 is 18.0 Å². The lowest BCUT2D eigenvalue weighted by molar-refractivity contribution is -0.147. The molecule has 0 bridgehead atoms. The first-order chi connectivity index (χ1) is 19.4. The van der Waals surface area contributed by atoms with Gasteiger partial charge < -0.3 is 20.5 Å². The zero-order valence-electron chi connectivity index (χ0n) is 22.6. The number of alkyl carbamates (subject to hydrolysis) is 1. The number of amides is 2. The summed E-state index contributed by atoms with van der Waals surface area (Å²) < 4.78 is 5.64. The van der Waals surface area contributed by atoms with Crippen LogP contribution in [0.2, 0.25) is 0 Å².